The number of imide groups is 1. The SMILES string of the molecule is CC(C)CN(C)C(=O)N(C=O)c1cccc(F)c1. The lowest BCUT2D eigenvalue weighted by Gasteiger charge is -2.25. The molecular weight excluding hydrogens is 235 g/mol. The van der Waals surface area contributed by atoms with Crippen LogP contribution in [0.1, 0.15) is 13.8 Å². The summed E-state index contributed by atoms with van der Waals surface area (Å²) >= 11 is 0. The molecule has 1 rings (SSSR count). The highest BCUT2D eigenvalue weighted by atomic mass is 19.1. The van der Waals surface area contributed by atoms with Gasteiger partial charge in [-0.3, -0.25) is 4.79 Å². The zero-order chi connectivity index (χ0) is 13.7. The molecule has 0 N–H and O–H groups in total. The van der Waals surface area contributed by atoms with Crippen molar-refractivity contribution in [2.45, 2.75) is 13.8 Å². The second kappa shape index (κ2) is 6.14. The molecule has 0 aliphatic rings. The molecule has 1 aromatic rings. The molecule has 0 fully saturated rings. The van der Waals surface area contributed by atoms with Crippen molar-refractivity contribution in [3.8, 4) is 0 Å². The lowest BCUT2D eigenvalue weighted by molar-refractivity contribution is -0.107. The second-order valence-electron chi connectivity index (χ2n) is 4.51. The van der Waals surface area contributed by atoms with E-state index >= 15 is 0 Å². The number of rotatable bonds is 4. The van der Waals surface area contributed by atoms with Crippen molar-refractivity contribution in [2.24, 2.45) is 5.92 Å². The zero-order valence-corrected chi connectivity index (χ0v) is 10.8. The van der Waals surface area contributed by atoms with Crippen LogP contribution in [-0.4, -0.2) is 30.9 Å². The van der Waals surface area contributed by atoms with E-state index in [2.05, 4.69) is 0 Å². The molecule has 0 aliphatic heterocycles. The van der Waals surface area contributed by atoms with Gasteiger partial charge in [-0.15, -0.1) is 0 Å². The Morgan fingerprint density at radius 3 is 2.61 bits per heavy atom. The van der Waals surface area contributed by atoms with Crippen LogP contribution >= 0.6 is 0 Å². The van der Waals surface area contributed by atoms with E-state index in [9.17, 15) is 14.0 Å². The lowest BCUT2D eigenvalue weighted by atomic mass is 10.2. The third-order valence-electron chi connectivity index (χ3n) is 2.36. The maximum Gasteiger partial charge on any atom is 0.330 e. The highest BCUT2D eigenvalue weighted by molar-refractivity contribution is 6.05. The van der Waals surface area contributed by atoms with E-state index in [1.807, 2.05) is 13.8 Å². The van der Waals surface area contributed by atoms with E-state index in [1.165, 1.54) is 23.1 Å². The number of hydrogen-bond donors (Lipinski definition) is 0. The van der Waals surface area contributed by atoms with Crippen LogP contribution in [0.4, 0.5) is 14.9 Å². The van der Waals surface area contributed by atoms with Crippen molar-refractivity contribution in [3.05, 3.63) is 30.1 Å². The Balaban J connectivity index is 2.90. The first-order chi connectivity index (χ1) is 8.45. The number of amides is 3. The van der Waals surface area contributed by atoms with Gasteiger partial charge in [0.1, 0.15) is 5.82 Å². The van der Waals surface area contributed by atoms with Gasteiger partial charge in [0.05, 0.1) is 5.69 Å². The molecular formula is C13H17FN2O2. The highest BCUT2D eigenvalue weighted by Gasteiger charge is 2.20. The summed E-state index contributed by atoms with van der Waals surface area (Å²) in [5.41, 5.74) is 0.227. The maximum absolute atomic E-state index is 13.1. The molecule has 0 aromatic heterocycles. The largest absolute Gasteiger partial charge is 0.330 e. The maximum atomic E-state index is 13.1. The van der Waals surface area contributed by atoms with Crippen LogP contribution < -0.4 is 4.90 Å². The second-order valence-corrected chi connectivity index (χ2v) is 4.51. The summed E-state index contributed by atoms with van der Waals surface area (Å²) in [5, 5.41) is 0. The summed E-state index contributed by atoms with van der Waals surface area (Å²) in [6.07, 6.45) is 0.397. The minimum Gasteiger partial charge on any atom is -0.327 e. The van der Waals surface area contributed by atoms with E-state index in [0.29, 0.717) is 18.9 Å². The fraction of sp³-hybridized carbons (Fsp3) is 0.385. The van der Waals surface area contributed by atoms with E-state index in [0.717, 1.165) is 11.0 Å². The summed E-state index contributed by atoms with van der Waals surface area (Å²) in [6.45, 7) is 4.47. The van der Waals surface area contributed by atoms with Crippen molar-refractivity contribution in [1.29, 1.82) is 0 Å². The standard InChI is InChI=1S/C13H17FN2O2/c1-10(2)8-15(3)13(18)16(9-17)12-6-4-5-11(14)7-12/h4-7,9-10H,8H2,1-3H3. The molecule has 0 saturated carbocycles. The van der Waals surface area contributed by atoms with Crippen LogP contribution in [0.2, 0.25) is 0 Å². The van der Waals surface area contributed by atoms with Gasteiger partial charge in [-0.1, -0.05) is 19.9 Å². The summed E-state index contributed by atoms with van der Waals surface area (Å²) in [6, 6.07) is 4.91. The topological polar surface area (TPSA) is 40.6 Å². The van der Waals surface area contributed by atoms with Crippen LogP contribution in [-0.2, 0) is 4.79 Å². The van der Waals surface area contributed by atoms with Gasteiger partial charge in [0.2, 0.25) is 6.41 Å². The highest BCUT2D eigenvalue weighted by Crippen LogP contribution is 2.15. The fourth-order valence-electron chi connectivity index (χ4n) is 1.65. The number of nitrogens with zero attached hydrogens (tertiary/aromatic N) is 2. The molecule has 0 radical (unpaired) electrons. The van der Waals surface area contributed by atoms with Gasteiger partial charge in [0.15, 0.2) is 0 Å². The van der Waals surface area contributed by atoms with Crippen LogP contribution in [0.3, 0.4) is 0 Å². The number of halogens is 1. The van der Waals surface area contributed by atoms with Gasteiger partial charge in [0, 0.05) is 13.6 Å². The van der Waals surface area contributed by atoms with Gasteiger partial charge < -0.3 is 4.90 Å². The van der Waals surface area contributed by atoms with Crippen LogP contribution in [0, 0.1) is 11.7 Å². The van der Waals surface area contributed by atoms with Crippen LogP contribution in [0.15, 0.2) is 24.3 Å². The summed E-state index contributed by atoms with van der Waals surface area (Å²) in [7, 11) is 1.61. The van der Waals surface area contributed by atoms with Crippen molar-refractivity contribution in [2.75, 3.05) is 18.5 Å². The molecule has 0 unspecified atom stereocenters. The van der Waals surface area contributed by atoms with Crippen molar-refractivity contribution < 1.29 is 14.0 Å². The number of anilines is 1. The first-order valence-corrected chi connectivity index (χ1v) is 5.71. The molecule has 0 atom stereocenters. The normalized spacial score (nSPS) is 10.3. The molecule has 18 heavy (non-hydrogen) atoms. The molecule has 3 amide bonds. The predicted octanol–water partition coefficient (Wildman–Crippen LogP) is 2.50. The summed E-state index contributed by atoms with van der Waals surface area (Å²) < 4.78 is 13.1. The first kappa shape index (κ1) is 14.2. The Bertz CT molecular complexity index is 435. The summed E-state index contributed by atoms with van der Waals surface area (Å²) in [4.78, 5) is 25.4. The fourth-order valence-corrected chi connectivity index (χ4v) is 1.65. The predicted molar refractivity (Wildman–Crippen MR) is 67.8 cm³/mol. The van der Waals surface area contributed by atoms with Crippen molar-refractivity contribution in [3.63, 3.8) is 0 Å². The average Bonchev–Trinajstić information content (AvgIpc) is 2.29. The van der Waals surface area contributed by atoms with E-state index in [-0.39, 0.29) is 5.69 Å². The zero-order valence-electron chi connectivity index (χ0n) is 10.8. The minimum atomic E-state index is -0.487. The third kappa shape index (κ3) is 3.55. The van der Waals surface area contributed by atoms with E-state index < -0.39 is 11.8 Å². The minimum absolute atomic E-state index is 0.227. The van der Waals surface area contributed by atoms with E-state index in [4.69, 9.17) is 0 Å². The molecule has 4 nitrogen and oxygen atoms in total. The average molecular weight is 252 g/mol. The molecule has 5 heteroatoms. The number of carbonyl (C=O) groups excluding carboxylic acids is 2. The van der Waals surface area contributed by atoms with Gasteiger partial charge >= 0.3 is 6.03 Å². The van der Waals surface area contributed by atoms with Gasteiger partial charge in [-0.05, 0) is 24.1 Å². The van der Waals surface area contributed by atoms with Crippen molar-refractivity contribution >= 4 is 18.1 Å². The Morgan fingerprint density at radius 2 is 2.11 bits per heavy atom. The number of benzene rings is 1. The molecule has 0 saturated heterocycles. The molecule has 0 heterocycles. The number of hydrogen-bond acceptors (Lipinski definition) is 2. The molecule has 98 valence electrons. The van der Waals surface area contributed by atoms with Gasteiger partial charge in [0.25, 0.3) is 0 Å². The van der Waals surface area contributed by atoms with Crippen LogP contribution in [0.5, 0.6) is 0 Å². The Labute approximate surface area is 106 Å². The third-order valence-corrected chi connectivity index (χ3v) is 2.36. The van der Waals surface area contributed by atoms with Gasteiger partial charge in [-0.2, -0.15) is 0 Å². The lowest BCUT2D eigenvalue weighted by Crippen LogP contribution is -2.42. The van der Waals surface area contributed by atoms with Crippen LogP contribution in [0.25, 0.3) is 0 Å². The molecule has 0 bridgehead atoms. The Hall–Kier alpha value is -1.91. The Kier molecular flexibility index (Phi) is 4.83. The first-order valence-electron chi connectivity index (χ1n) is 5.71. The smallest absolute Gasteiger partial charge is 0.327 e. The molecule has 1 aromatic carbocycles. The number of urea groups is 1. The monoisotopic (exact) mass is 252 g/mol. The quantitative estimate of drug-likeness (QED) is 0.772. The van der Waals surface area contributed by atoms with Crippen molar-refractivity contribution in [1.82, 2.24) is 4.90 Å². The summed E-state index contributed by atoms with van der Waals surface area (Å²) in [5.74, 6) is -0.196. The molecule has 0 aliphatic carbocycles. The van der Waals surface area contributed by atoms with Gasteiger partial charge in [-0.25, -0.2) is 14.1 Å². The number of carbonyl (C=O) groups is 2. The van der Waals surface area contributed by atoms with E-state index in [1.54, 1.807) is 7.05 Å². The molecule has 0 spiro atoms. The Morgan fingerprint density at radius 1 is 1.44 bits per heavy atom.